The second kappa shape index (κ2) is 7.72. The van der Waals surface area contributed by atoms with Crippen LogP contribution in [0.4, 0.5) is 5.95 Å². The first-order valence-corrected chi connectivity index (χ1v) is 11.6. The Labute approximate surface area is 170 Å². The van der Waals surface area contributed by atoms with E-state index in [9.17, 15) is 13.2 Å². The third-order valence-electron chi connectivity index (χ3n) is 5.39. The molecule has 29 heavy (non-hydrogen) atoms. The van der Waals surface area contributed by atoms with Crippen LogP contribution in [0.3, 0.4) is 0 Å². The Balaban J connectivity index is 1.53. The molecule has 1 fully saturated rings. The number of aromatic nitrogens is 2. The van der Waals surface area contributed by atoms with Crippen LogP contribution in [0.5, 0.6) is 0 Å². The van der Waals surface area contributed by atoms with Crippen molar-refractivity contribution < 1.29 is 17.9 Å². The zero-order valence-corrected chi connectivity index (χ0v) is 17.1. The Kier molecular flexibility index (Phi) is 5.26. The van der Waals surface area contributed by atoms with E-state index in [1.54, 1.807) is 11.1 Å². The van der Waals surface area contributed by atoms with Crippen LogP contribution in [-0.2, 0) is 37.9 Å². The lowest BCUT2D eigenvalue weighted by Crippen LogP contribution is -2.42. The molecule has 2 aliphatic rings. The smallest absolute Gasteiger partial charge is 0.237 e. The van der Waals surface area contributed by atoms with Gasteiger partial charge in [-0.2, -0.15) is 0 Å². The molecule has 1 aromatic carbocycles. The fourth-order valence-corrected chi connectivity index (χ4v) is 4.60. The van der Waals surface area contributed by atoms with Crippen LogP contribution in [0.25, 0.3) is 0 Å². The minimum absolute atomic E-state index is 0.368. The average molecular weight is 417 g/mol. The molecule has 1 spiro atoms. The zero-order chi connectivity index (χ0) is 20.5. The van der Waals surface area contributed by atoms with E-state index in [2.05, 4.69) is 10.3 Å². The predicted molar refractivity (Wildman–Crippen MR) is 108 cm³/mol. The van der Waals surface area contributed by atoms with E-state index in [0.29, 0.717) is 45.2 Å². The minimum Gasteiger partial charge on any atom is -0.376 e. The number of nitrogens with one attached hydrogen (secondary N) is 1. The summed E-state index contributed by atoms with van der Waals surface area (Å²) in [5, 5.41) is 3.26. The Morgan fingerprint density at radius 2 is 2.10 bits per heavy atom. The molecule has 0 unspecified atom stereocenters. The maximum atomic E-state index is 12.4. The molecule has 0 bridgehead atoms. The molecule has 1 saturated heterocycles. The Hall–Kier alpha value is -2.52. The Bertz CT molecular complexity index is 1010. The molecule has 0 saturated carbocycles. The standard InChI is InChI=1S/C20H24N4O4S/c1-29(26,27)12-17(25)24-8-7-20(13-24)14-28-11-16-10-22-19(23-18(16)20)21-9-15-5-3-2-4-6-15/h2-6,10H,7-9,11-14H2,1H3,(H,21,22,23)/t20-/m1/s1. The van der Waals surface area contributed by atoms with Gasteiger partial charge in [0.1, 0.15) is 5.75 Å². The summed E-state index contributed by atoms with van der Waals surface area (Å²) >= 11 is 0. The molecule has 1 atom stereocenters. The Morgan fingerprint density at radius 1 is 1.31 bits per heavy atom. The summed E-state index contributed by atoms with van der Waals surface area (Å²) < 4.78 is 28.8. The molecule has 4 rings (SSSR count). The van der Waals surface area contributed by atoms with Crippen LogP contribution in [0.2, 0.25) is 0 Å². The fourth-order valence-electron chi connectivity index (χ4n) is 3.97. The van der Waals surface area contributed by atoms with Gasteiger partial charge < -0.3 is 15.0 Å². The number of anilines is 1. The van der Waals surface area contributed by atoms with Crippen molar-refractivity contribution >= 4 is 21.7 Å². The molecule has 1 amide bonds. The van der Waals surface area contributed by atoms with E-state index >= 15 is 0 Å². The van der Waals surface area contributed by atoms with Crippen molar-refractivity contribution in [2.45, 2.75) is 25.0 Å². The van der Waals surface area contributed by atoms with Gasteiger partial charge in [0.2, 0.25) is 11.9 Å². The van der Waals surface area contributed by atoms with Crippen LogP contribution in [-0.4, -0.2) is 60.9 Å². The van der Waals surface area contributed by atoms with Crippen molar-refractivity contribution in [2.24, 2.45) is 0 Å². The van der Waals surface area contributed by atoms with E-state index in [-0.39, 0.29) is 5.91 Å². The van der Waals surface area contributed by atoms with Gasteiger partial charge in [-0.25, -0.2) is 18.4 Å². The lowest BCUT2D eigenvalue weighted by Gasteiger charge is -2.34. The summed E-state index contributed by atoms with van der Waals surface area (Å²) in [6.45, 7) is 2.41. The van der Waals surface area contributed by atoms with Crippen molar-refractivity contribution in [3.8, 4) is 0 Å². The van der Waals surface area contributed by atoms with Crippen molar-refractivity contribution in [3.63, 3.8) is 0 Å². The molecule has 2 aromatic rings. The summed E-state index contributed by atoms with van der Waals surface area (Å²) in [5.41, 5.74) is 2.51. The van der Waals surface area contributed by atoms with Crippen LogP contribution >= 0.6 is 0 Å². The molecule has 1 aromatic heterocycles. The normalized spacial score (nSPS) is 21.2. The highest BCUT2D eigenvalue weighted by atomic mass is 32.2. The third kappa shape index (κ3) is 4.40. The van der Waals surface area contributed by atoms with E-state index in [4.69, 9.17) is 9.72 Å². The summed E-state index contributed by atoms with van der Waals surface area (Å²) in [6, 6.07) is 10.0. The number of sulfone groups is 1. The molecular weight excluding hydrogens is 392 g/mol. The average Bonchev–Trinajstić information content (AvgIpc) is 3.11. The van der Waals surface area contributed by atoms with E-state index in [1.807, 2.05) is 30.3 Å². The quantitative estimate of drug-likeness (QED) is 0.780. The fraction of sp³-hybridized carbons (Fsp3) is 0.450. The number of nitrogens with zero attached hydrogens (tertiary/aromatic N) is 3. The van der Waals surface area contributed by atoms with Gasteiger partial charge in [0.05, 0.1) is 24.3 Å². The highest BCUT2D eigenvalue weighted by molar-refractivity contribution is 7.91. The number of likely N-dealkylation sites (tertiary alicyclic amines) is 1. The number of hydrogen-bond acceptors (Lipinski definition) is 7. The van der Waals surface area contributed by atoms with Gasteiger partial charge in [-0.15, -0.1) is 0 Å². The van der Waals surface area contributed by atoms with Gasteiger partial charge in [-0.1, -0.05) is 30.3 Å². The van der Waals surface area contributed by atoms with Crippen LogP contribution in [0, 0.1) is 0 Å². The first-order chi connectivity index (χ1) is 13.8. The zero-order valence-electron chi connectivity index (χ0n) is 16.3. The monoisotopic (exact) mass is 416 g/mol. The van der Waals surface area contributed by atoms with Gasteiger partial charge in [0, 0.05) is 37.7 Å². The summed E-state index contributed by atoms with van der Waals surface area (Å²) in [7, 11) is -3.36. The molecule has 8 nitrogen and oxygen atoms in total. The molecule has 0 aliphatic carbocycles. The SMILES string of the molecule is CS(=O)(=O)CC(=O)N1CC[C@]2(COCc3cnc(NCc4ccccc4)nc32)C1. The van der Waals surface area contributed by atoms with Crippen molar-refractivity contribution in [1.29, 1.82) is 0 Å². The highest BCUT2D eigenvalue weighted by Crippen LogP contribution is 2.39. The number of amides is 1. The van der Waals surface area contributed by atoms with Gasteiger partial charge >= 0.3 is 0 Å². The maximum absolute atomic E-state index is 12.4. The number of fused-ring (bicyclic) bond motifs is 2. The first kappa shape index (κ1) is 19.8. The first-order valence-electron chi connectivity index (χ1n) is 9.52. The Morgan fingerprint density at radius 3 is 2.86 bits per heavy atom. The van der Waals surface area contributed by atoms with E-state index in [1.165, 1.54) is 0 Å². The van der Waals surface area contributed by atoms with Gasteiger partial charge in [-0.3, -0.25) is 4.79 Å². The van der Waals surface area contributed by atoms with Crippen LogP contribution < -0.4 is 5.32 Å². The molecule has 2 aliphatic heterocycles. The summed E-state index contributed by atoms with van der Waals surface area (Å²) in [6.07, 6.45) is 3.54. The second-order valence-corrected chi connectivity index (χ2v) is 9.96. The number of hydrogen-bond donors (Lipinski definition) is 1. The lowest BCUT2D eigenvalue weighted by atomic mass is 9.80. The third-order valence-corrected chi connectivity index (χ3v) is 6.16. The van der Waals surface area contributed by atoms with E-state index in [0.717, 1.165) is 23.1 Å². The lowest BCUT2D eigenvalue weighted by molar-refractivity contribution is -0.127. The van der Waals surface area contributed by atoms with E-state index < -0.39 is 21.0 Å². The maximum Gasteiger partial charge on any atom is 0.237 e. The molecule has 1 N–H and O–H groups in total. The highest BCUT2D eigenvalue weighted by Gasteiger charge is 2.46. The van der Waals surface area contributed by atoms with Gasteiger partial charge in [0.25, 0.3) is 0 Å². The summed E-state index contributed by atoms with van der Waals surface area (Å²) in [5.74, 6) is -0.299. The number of rotatable bonds is 5. The van der Waals surface area contributed by atoms with Crippen molar-refractivity contribution in [1.82, 2.24) is 14.9 Å². The van der Waals surface area contributed by atoms with Crippen molar-refractivity contribution in [3.05, 3.63) is 53.3 Å². The number of carbonyl (C=O) groups excluding carboxylic acids is 1. The van der Waals surface area contributed by atoms with Gasteiger partial charge in [0.15, 0.2) is 9.84 Å². The van der Waals surface area contributed by atoms with Crippen LogP contribution in [0.1, 0.15) is 23.2 Å². The molecule has 154 valence electrons. The largest absolute Gasteiger partial charge is 0.376 e. The number of carbonyl (C=O) groups is 1. The van der Waals surface area contributed by atoms with Crippen LogP contribution in [0.15, 0.2) is 36.5 Å². The number of ether oxygens (including phenoxy) is 1. The predicted octanol–water partition coefficient (Wildman–Crippen LogP) is 1.13. The molecule has 0 radical (unpaired) electrons. The molecular formula is C20H24N4O4S. The minimum atomic E-state index is -3.36. The summed E-state index contributed by atoms with van der Waals surface area (Å²) in [4.78, 5) is 23.2. The topological polar surface area (TPSA) is 101 Å². The van der Waals surface area contributed by atoms with Gasteiger partial charge in [-0.05, 0) is 12.0 Å². The molecule has 3 heterocycles. The number of benzene rings is 1. The molecule has 9 heteroatoms. The van der Waals surface area contributed by atoms with Crippen molar-refractivity contribution in [2.75, 3.05) is 37.0 Å². The second-order valence-electron chi connectivity index (χ2n) is 7.82.